The Morgan fingerprint density at radius 1 is 1.11 bits per heavy atom. The van der Waals surface area contributed by atoms with E-state index >= 15 is 0 Å². The van der Waals surface area contributed by atoms with Crippen LogP contribution in [0.3, 0.4) is 0 Å². The van der Waals surface area contributed by atoms with E-state index < -0.39 is 5.97 Å². The molecule has 2 aromatic carbocycles. The molecule has 4 nitrogen and oxygen atoms in total. The summed E-state index contributed by atoms with van der Waals surface area (Å²) in [5, 5.41) is 3.33. The molecule has 0 amide bonds. The summed E-state index contributed by atoms with van der Waals surface area (Å²) in [6.45, 7) is 0.0840. The quantitative estimate of drug-likeness (QED) is 0.339. The van der Waals surface area contributed by atoms with Crippen molar-refractivity contribution in [3.05, 3.63) is 76.5 Å². The van der Waals surface area contributed by atoms with Gasteiger partial charge in [0.15, 0.2) is 0 Å². The van der Waals surface area contributed by atoms with Gasteiger partial charge in [-0.3, -0.25) is 0 Å². The van der Waals surface area contributed by atoms with Gasteiger partial charge < -0.3 is 4.74 Å². The zero-order valence-corrected chi connectivity index (χ0v) is 15.6. The lowest BCUT2D eigenvalue weighted by Gasteiger charge is -1.98. The van der Waals surface area contributed by atoms with Crippen molar-refractivity contribution in [1.29, 1.82) is 0 Å². The Balaban J connectivity index is 1.35. The summed E-state index contributed by atoms with van der Waals surface area (Å²) in [7, 11) is 0. The highest BCUT2D eigenvalue weighted by Gasteiger charge is 2.07. The number of rotatable bonds is 5. The van der Waals surface area contributed by atoms with Crippen LogP contribution in [0.5, 0.6) is 0 Å². The summed E-state index contributed by atoms with van der Waals surface area (Å²) < 4.78 is 19.3. The van der Waals surface area contributed by atoms with E-state index in [4.69, 9.17) is 4.74 Å². The van der Waals surface area contributed by atoms with Crippen LogP contribution in [0.4, 0.5) is 4.39 Å². The Kier molecular flexibility index (Phi) is 5.04. The van der Waals surface area contributed by atoms with Gasteiger partial charge in [-0.15, -0.1) is 22.7 Å². The minimum atomic E-state index is -0.453. The van der Waals surface area contributed by atoms with Gasteiger partial charge in [0.05, 0.1) is 15.9 Å². The second kappa shape index (κ2) is 7.77. The van der Waals surface area contributed by atoms with Gasteiger partial charge in [0.2, 0.25) is 0 Å². The number of aromatic nitrogens is 2. The van der Waals surface area contributed by atoms with Crippen molar-refractivity contribution in [1.82, 2.24) is 9.97 Å². The van der Waals surface area contributed by atoms with Crippen LogP contribution in [-0.2, 0) is 16.1 Å². The molecular formula is C20H13FN2O2S2. The number of ether oxygens (including phenoxy) is 1. The van der Waals surface area contributed by atoms with Crippen LogP contribution in [0.25, 0.3) is 26.9 Å². The van der Waals surface area contributed by atoms with Crippen LogP contribution in [0, 0.1) is 5.82 Å². The van der Waals surface area contributed by atoms with Gasteiger partial charge in [-0.25, -0.2) is 19.2 Å². The summed E-state index contributed by atoms with van der Waals surface area (Å²) >= 11 is 2.93. The molecule has 0 spiro atoms. The lowest BCUT2D eigenvalue weighted by molar-refractivity contribution is -0.139. The van der Waals surface area contributed by atoms with Gasteiger partial charge in [0, 0.05) is 17.0 Å². The number of para-hydroxylation sites is 1. The molecule has 0 N–H and O–H groups in total. The Bertz CT molecular complexity index is 1080. The van der Waals surface area contributed by atoms with E-state index in [2.05, 4.69) is 9.97 Å². The molecule has 4 aromatic rings. The van der Waals surface area contributed by atoms with Crippen LogP contribution in [-0.4, -0.2) is 15.9 Å². The second-order valence-electron chi connectivity index (χ2n) is 5.61. The summed E-state index contributed by atoms with van der Waals surface area (Å²) in [6, 6.07) is 13.9. The zero-order valence-electron chi connectivity index (χ0n) is 14.0. The van der Waals surface area contributed by atoms with Gasteiger partial charge in [-0.2, -0.15) is 0 Å². The lowest BCUT2D eigenvalue weighted by atomic mass is 10.2. The van der Waals surface area contributed by atoms with Crippen molar-refractivity contribution in [2.75, 3.05) is 0 Å². The summed E-state index contributed by atoms with van der Waals surface area (Å²) in [4.78, 5) is 20.8. The smallest absolute Gasteiger partial charge is 0.331 e. The number of benzene rings is 2. The third-order valence-corrected chi connectivity index (χ3v) is 5.62. The van der Waals surface area contributed by atoms with Crippen molar-refractivity contribution in [3.8, 4) is 10.6 Å². The number of carbonyl (C=O) groups is 1. The molecule has 0 bridgehead atoms. The molecule has 134 valence electrons. The van der Waals surface area contributed by atoms with Gasteiger partial charge in [0.25, 0.3) is 0 Å². The van der Waals surface area contributed by atoms with Crippen molar-refractivity contribution >= 4 is 44.9 Å². The van der Waals surface area contributed by atoms with E-state index in [1.165, 1.54) is 40.9 Å². The highest BCUT2D eigenvalue weighted by molar-refractivity contribution is 7.19. The van der Waals surface area contributed by atoms with E-state index in [1.807, 2.05) is 29.6 Å². The van der Waals surface area contributed by atoms with Crippen LogP contribution in [0.1, 0.15) is 10.7 Å². The molecule has 0 aliphatic rings. The van der Waals surface area contributed by atoms with E-state index in [0.717, 1.165) is 25.8 Å². The van der Waals surface area contributed by atoms with E-state index in [1.54, 1.807) is 18.2 Å². The van der Waals surface area contributed by atoms with Gasteiger partial charge >= 0.3 is 5.97 Å². The number of fused-ring (bicyclic) bond motifs is 1. The number of hydrogen-bond donors (Lipinski definition) is 0. The molecule has 0 saturated heterocycles. The van der Waals surface area contributed by atoms with E-state index in [9.17, 15) is 9.18 Å². The monoisotopic (exact) mass is 396 g/mol. The van der Waals surface area contributed by atoms with Crippen LogP contribution >= 0.6 is 22.7 Å². The maximum Gasteiger partial charge on any atom is 0.331 e. The molecule has 2 heterocycles. The minimum Gasteiger partial charge on any atom is -0.456 e. The number of thiazole rings is 2. The van der Waals surface area contributed by atoms with Crippen molar-refractivity contribution in [3.63, 3.8) is 0 Å². The summed E-state index contributed by atoms with van der Waals surface area (Å²) in [5.41, 5.74) is 2.39. The second-order valence-corrected chi connectivity index (χ2v) is 7.53. The Hall–Kier alpha value is -2.90. The number of halogens is 1. The number of carbonyl (C=O) groups excluding carboxylic acids is 1. The molecule has 4 rings (SSSR count). The van der Waals surface area contributed by atoms with Crippen molar-refractivity contribution in [2.24, 2.45) is 0 Å². The summed E-state index contributed by atoms with van der Waals surface area (Å²) in [5.74, 6) is -0.741. The third-order valence-electron chi connectivity index (χ3n) is 3.68. The average Bonchev–Trinajstić information content (AvgIpc) is 3.32. The normalized spacial score (nSPS) is 11.3. The zero-order chi connectivity index (χ0) is 18.6. The predicted octanol–water partition coefficient (Wildman–Crippen LogP) is 5.32. The first-order valence-electron chi connectivity index (χ1n) is 8.08. The first-order valence-corrected chi connectivity index (χ1v) is 9.78. The van der Waals surface area contributed by atoms with Gasteiger partial charge in [0.1, 0.15) is 22.4 Å². The molecule has 0 atom stereocenters. The van der Waals surface area contributed by atoms with E-state index in [-0.39, 0.29) is 12.4 Å². The molecule has 0 saturated carbocycles. The number of esters is 1. The first kappa shape index (κ1) is 17.5. The SMILES string of the molecule is O=C(/C=C/c1nc2ccccc2s1)OCc1csc(-c2ccc(F)cc2)n1. The highest BCUT2D eigenvalue weighted by atomic mass is 32.1. The van der Waals surface area contributed by atoms with Crippen molar-refractivity contribution in [2.45, 2.75) is 6.61 Å². The maximum atomic E-state index is 13.0. The van der Waals surface area contributed by atoms with Crippen molar-refractivity contribution < 1.29 is 13.9 Å². The Morgan fingerprint density at radius 2 is 1.93 bits per heavy atom. The fourth-order valence-electron chi connectivity index (χ4n) is 2.39. The molecule has 0 aliphatic heterocycles. The van der Waals surface area contributed by atoms with Gasteiger partial charge in [-0.05, 0) is 42.5 Å². The standard InChI is InChI=1S/C20H13FN2O2S2/c21-14-7-5-13(6-8-14)20-22-15(12-26-20)11-25-19(24)10-9-18-23-16-3-1-2-4-17(16)27-18/h1-10,12H,11H2/b10-9+. The maximum absolute atomic E-state index is 13.0. The van der Waals surface area contributed by atoms with E-state index in [0.29, 0.717) is 5.69 Å². The minimum absolute atomic E-state index is 0.0840. The predicted molar refractivity (Wildman–Crippen MR) is 106 cm³/mol. The molecular weight excluding hydrogens is 383 g/mol. The Labute approximate surface area is 162 Å². The van der Waals surface area contributed by atoms with Crippen LogP contribution in [0.15, 0.2) is 60.0 Å². The molecule has 0 fully saturated rings. The number of nitrogens with zero attached hydrogens (tertiary/aromatic N) is 2. The fourth-order valence-corrected chi connectivity index (χ4v) is 4.07. The highest BCUT2D eigenvalue weighted by Crippen LogP contribution is 2.24. The number of hydrogen-bond acceptors (Lipinski definition) is 6. The van der Waals surface area contributed by atoms with Gasteiger partial charge in [-0.1, -0.05) is 12.1 Å². The molecule has 2 aromatic heterocycles. The lowest BCUT2D eigenvalue weighted by Crippen LogP contribution is -2.00. The fraction of sp³-hybridized carbons (Fsp3) is 0.0500. The molecule has 7 heteroatoms. The molecule has 0 unspecified atom stereocenters. The topological polar surface area (TPSA) is 52.1 Å². The van der Waals surface area contributed by atoms with Crippen LogP contribution < -0.4 is 0 Å². The molecule has 0 aliphatic carbocycles. The third kappa shape index (κ3) is 4.27. The largest absolute Gasteiger partial charge is 0.456 e. The molecule has 27 heavy (non-hydrogen) atoms. The average molecular weight is 396 g/mol. The van der Waals surface area contributed by atoms with Crippen LogP contribution in [0.2, 0.25) is 0 Å². The first-order chi connectivity index (χ1) is 13.2. The summed E-state index contributed by atoms with van der Waals surface area (Å²) in [6.07, 6.45) is 3.02. The molecule has 0 radical (unpaired) electrons. The Morgan fingerprint density at radius 3 is 2.74 bits per heavy atom.